The van der Waals surface area contributed by atoms with Gasteiger partial charge in [-0.25, -0.2) is 13.4 Å². The third-order valence-electron chi connectivity index (χ3n) is 3.10. The van der Waals surface area contributed by atoms with Crippen LogP contribution in [0.5, 0.6) is 0 Å². The number of esters is 1. The number of carbonyl (C=O) groups is 1. The minimum atomic E-state index is -3.86. The second-order valence-corrected chi connectivity index (χ2v) is 6.85. The van der Waals surface area contributed by atoms with Gasteiger partial charge in [-0.05, 0) is 19.3 Å². The molecule has 8 heteroatoms. The average molecular weight is 317 g/mol. The van der Waals surface area contributed by atoms with E-state index in [2.05, 4.69) is 14.4 Å². The number of rotatable bonds is 7. The van der Waals surface area contributed by atoms with Gasteiger partial charge in [0.15, 0.2) is 5.03 Å². The second-order valence-electron chi connectivity index (χ2n) is 5.19. The van der Waals surface area contributed by atoms with Crippen LogP contribution in [0, 0.1) is 12.8 Å². The van der Waals surface area contributed by atoms with Crippen LogP contribution in [0.25, 0.3) is 0 Å². The van der Waals surface area contributed by atoms with Crippen molar-refractivity contribution in [1.82, 2.24) is 14.3 Å². The normalized spacial score (nSPS) is 13.4. The molecule has 0 bridgehead atoms. The highest BCUT2D eigenvalue weighted by molar-refractivity contribution is 7.89. The Labute approximate surface area is 125 Å². The van der Waals surface area contributed by atoms with E-state index in [0.29, 0.717) is 12.4 Å². The number of sulfonamides is 1. The summed E-state index contributed by atoms with van der Waals surface area (Å²) in [5.74, 6) is -0.222. The van der Waals surface area contributed by atoms with Gasteiger partial charge in [0.05, 0.1) is 7.11 Å². The molecule has 0 radical (unpaired) electrons. The zero-order valence-corrected chi connectivity index (χ0v) is 13.9. The lowest BCUT2D eigenvalue weighted by atomic mass is 10.1. The lowest BCUT2D eigenvalue weighted by molar-refractivity contribution is -0.143. The van der Waals surface area contributed by atoms with E-state index in [1.165, 1.54) is 13.3 Å². The first-order valence-electron chi connectivity index (χ1n) is 6.86. The summed E-state index contributed by atoms with van der Waals surface area (Å²) in [7, 11) is -2.63. The van der Waals surface area contributed by atoms with E-state index in [9.17, 15) is 13.2 Å². The largest absolute Gasteiger partial charge is 0.468 e. The van der Waals surface area contributed by atoms with Crippen LogP contribution >= 0.6 is 0 Å². The van der Waals surface area contributed by atoms with Gasteiger partial charge >= 0.3 is 5.97 Å². The Bertz CT molecular complexity index is 593. The number of aryl methyl sites for hydroxylation is 2. The van der Waals surface area contributed by atoms with Gasteiger partial charge in [0.2, 0.25) is 0 Å². The maximum absolute atomic E-state index is 12.3. The third-order valence-corrected chi connectivity index (χ3v) is 4.41. The molecule has 7 nitrogen and oxygen atoms in total. The van der Waals surface area contributed by atoms with Gasteiger partial charge in [-0.15, -0.1) is 0 Å². The maximum Gasteiger partial charge on any atom is 0.324 e. The van der Waals surface area contributed by atoms with Crippen LogP contribution in [0.1, 0.15) is 33.0 Å². The molecule has 0 aliphatic heterocycles. The molecule has 1 heterocycles. The number of carbonyl (C=O) groups excluding carboxylic acids is 1. The zero-order valence-electron chi connectivity index (χ0n) is 13.1. The van der Waals surface area contributed by atoms with Crippen molar-refractivity contribution in [2.24, 2.45) is 5.92 Å². The van der Waals surface area contributed by atoms with Crippen LogP contribution in [0.4, 0.5) is 0 Å². The molecule has 0 saturated heterocycles. The van der Waals surface area contributed by atoms with Crippen molar-refractivity contribution in [1.29, 1.82) is 0 Å². The quantitative estimate of drug-likeness (QED) is 0.760. The Morgan fingerprint density at radius 2 is 2.10 bits per heavy atom. The molecule has 0 spiro atoms. The molecule has 21 heavy (non-hydrogen) atoms. The molecule has 1 aromatic rings. The highest BCUT2D eigenvalue weighted by Crippen LogP contribution is 2.13. The highest BCUT2D eigenvalue weighted by Gasteiger charge is 2.30. The third kappa shape index (κ3) is 4.28. The first kappa shape index (κ1) is 17.6. The molecular weight excluding hydrogens is 294 g/mol. The summed E-state index contributed by atoms with van der Waals surface area (Å²) >= 11 is 0. The van der Waals surface area contributed by atoms with Gasteiger partial charge in [0.25, 0.3) is 10.0 Å². The molecule has 120 valence electrons. The molecule has 0 saturated carbocycles. The highest BCUT2D eigenvalue weighted by atomic mass is 32.2. The molecule has 1 rings (SSSR count). The second kappa shape index (κ2) is 7.04. The van der Waals surface area contributed by atoms with E-state index < -0.39 is 22.0 Å². The number of imidazole rings is 1. The minimum Gasteiger partial charge on any atom is -0.468 e. The van der Waals surface area contributed by atoms with Crippen molar-refractivity contribution in [3.8, 4) is 0 Å². The molecule has 0 amide bonds. The van der Waals surface area contributed by atoms with Gasteiger partial charge in [0, 0.05) is 12.7 Å². The Hall–Kier alpha value is -1.41. The van der Waals surface area contributed by atoms with Gasteiger partial charge < -0.3 is 9.30 Å². The topological polar surface area (TPSA) is 90.3 Å². The van der Waals surface area contributed by atoms with E-state index in [-0.39, 0.29) is 10.9 Å². The lowest BCUT2D eigenvalue weighted by Gasteiger charge is -2.18. The van der Waals surface area contributed by atoms with Gasteiger partial charge in [-0.1, -0.05) is 20.8 Å². The molecule has 1 atom stereocenters. The molecule has 0 aliphatic rings. The summed E-state index contributed by atoms with van der Waals surface area (Å²) in [6.07, 6.45) is 2.36. The Morgan fingerprint density at radius 3 is 2.57 bits per heavy atom. The van der Waals surface area contributed by atoms with Crippen LogP contribution in [-0.2, 0) is 26.1 Å². The van der Waals surface area contributed by atoms with Crippen LogP contribution < -0.4 is 4.72 Å². The summed E-state index contributed by atoms with van der Waals surface area (Å²) in [5.41, 5.74) is 0. The number of ether oxygens (including phenoxy) is 1. The fourth-order valence-corrected chi connectivity index (χ4v) is 3.23. The number of aromatic nitrogens is 2. The van der Waals surface area contributed by atoms with Gasteiger partial charge in [0.1, 0.15) is 11.9 Å². The standard InChI is InChI=1S/C13H23N3O4S/c1-6-7-16-8-11(14-10(16)4)21(18,19)15-12(9(2)3)13(17)20-5/h8-9,12,15H,6-7H2,1-5H3. The van der Waals surface area contributed by atoms with Crippen molar-refractivity contribution in [2.75, 3.05) is 7.11 Å². The maximum atomic E-state index is 12.3. The Kier molecular flexibility index (Phi) is 5.91. The number of methoxy groups -OCH3 is 1. The van der Waals surface area contributed by atoms with Crippen molar-refractivity contribution < 1.29 is 17.9 Å². The first-order valence-corrected chi connectivity index (χ1v) is 8.35. The van der Waals surface area contributed by atoms with Gasteiger partial charge in [-0.3, -0.25) is 4.79 Å². The molecule has 0 aliphatic carbocycles. The fourth-order valence-electron chi connectivity index (χ4n) is 1.89. The van der Waals surface area contributed by atoms with E-state index >= 15 is 0 Å². The van der Waals surface area contributed by atoms with Gasteiger partial charge in [-0.2, -0.15) is 4.72 Å². The van der Waals surface area contributed by atoms with Crippen LogP contribution in [0.3, 0.4) is 0 Å². The number of nitrogens with zero attached hydrogens (tertiary/aromatic N) is 2. The minimum absolute atomic E-state index is 0.0806. The van der Waals surface area contributed by atoms with Crippen molar-refractivity contribution in [3.63, 3.8) is 0 Å². The molecule has 1 aromatic heterocycles. The molecule has 1 N–H and O–H groups in total. The summed E-state index contributed by atoms with van der Waals surface area (Å²) in [4.78, 5) is 15.7. The van der Waals surface area contributed by atoms with Crippen molar-refractivity contribution >= 4 is 16.0 Å². The lowest BCUT2D eigenvalue weighted by Crippen LogP contribution is -2.45. The summed E-state index contributed by atoms with van der Waals surface area (Å²) in [6, 6.07) is -0.934. The van der Waals surface area contributed by atoms with E-state index in [1.54, 1.807) is 25.3 Å². The number of hydrogen-bond donors (Lipinski definition) is 1. The SMILES string of the molecule is CCCn1cc(S(=O)(=O)NC(C(=O)OC)C(C)C)nc1C. The van der Waals surface area contributed by atoms with Crippen LogP contribution in [0.2, 0.25) is 0 Å². The van der Waals surface area contributed by atoms with Crippen molar-refractivity contribution in [3.05, 3.63) is 12.0 Å². The smallest absolute Gasteiger partial charge is 0.324 e. The van der Waals surface area contributed by atoms with Crippen molar-refractivity contribution in [2.45, 2.75) is 51.7 Å². The Morgan fingerprint density at radius 1 is 1.48 bits per heavy atom. The summed E-state index contributed by atoms with van der Waals surface area (Å²) in [5, 5.41) is -0.0806. The summed E-state index contributed by atoms with van der Waals surface area (Å²) < 4.78 is 33.5. The van der Waals surface area contributed by atoms with E-state index in [0.717, 1.165) is 6.42 Å². The fraction of sp³-hybridized carbons (Fsp3) is 0.692. The molecular formula is C13H23N3O4S. The predicted octanol–water partition coefficient (Wildman–Crippen LogP) is 1.08. The van der Waals surface area contributed by atoms with Crippen LogP contribution in [0.15, 0.2) is 11.2 Å². The van der Waals surface area contributed by atoms with E-state index in [1.807, 2.05) is 6.92 Å². The number of nitrogens with one attached hydrogen (secondary N) is 1. The molecule has 0 fully saturated rings. The number of hydrogen-bond acceptors (Lipinski definition) is 5. The molecule has 0 aromatic carbocycles. The predicted molar refractivity (Wildman–Crippen MR) is 78.2 cm³/mol. The van der Waals surface area contributed by atoms with Crippen LogP contribution in [-0.4, -0.2) is 37.1 Å². The van der Waals surface area contributed by atoms with E-state index in [4.69, 9.17) is 0 Å². The zero-order chi connectivity index (χ0) is 16.2. The molecule has 1 unspecified atom stereocenters. The first-order chi connectivity index (χ1) is 9.72. The monoisotopic (exact) mass is 317 g/mol. The average Bonchev–Trinajstić information content (AvgIpc) is 2.78. The summed E-state index contributed by atoms with van der Waals surface area (Å²) in [6.45, 7) is 7.92. The Balaban J connectivity index is 3.05.